The van der Waals surface area contributed by atoms with Crippen LogP contribution in [-0.2, 0) is 20.1 Å². The fourth-order valence-electron chi connectivity index (χ4n) is 2.01. The Morgan fingerprint density at radius 3 is 2.12 bits per heavy atom. The molecule has 0 unspecified atom stereocenters. The van der Waals surface area contributed by atoms with Crippen LogP contribution in [0, 0.1) is 18.8 Å². The number of hydrogen-bond acceptors (Lipinski definition) is 4. The van der Waals surface area contributed by atoms with Gasteiger partial charge in [-0.15, -0.1) is 29.8 Å². The van der Waals surface area contributed by atoms with Crippen LogP contribution in [0.4, 0.5) is 4.39 Å². The van der Waals surface area contributed by atoms with Crippen LogP contribution >= 0.6 is 0 Å². The van der Waals surface area contributed by atoms with Crippen LogP contribution in [-0.4, -0.2) is 20.1 Å². The third-order valence-corrected chi connectivity index (χ3v) is 3.17. The molecule has 7 heteroatoms. The molecule has 0 amide bonds. The van der Waals surface area contributed by atoms with Gasteiger partial charge in [-0.1, -0.05) is 18.2 Å². The summed E-state index contributed by atoms with van der Waals surface area (Å²) in [6.45, 7) is 1.80. The first-order chi connectivity index (χ1) is 12.2. The minimum Gasteiger partial charge on any atom is -0.421 e. The smallest absolute Gasteiger partial charge is 0.0634 e. The molecule has 3 aromatic heterocycles. The topological polar surface area (TPSA) is 65.7 Å². The Bertz CT molecular complexity index is 912. The van der Waals surface area contributed by atoms with Crippen molar-refractivity contribution in [3.05, 3.63) is 84.7 Å². The monoisotopic (exact) mass is 524 g/mol. The molecule has 0 bridgehead atoms. The van der Waals surface area contributed by atoms with Gasteiger partial charge < -0.3 is 15.1 Å². The summed E-state index contributed by atoms with van der Waals surface area (Å²) in [5.74, 6) is 0.989. The number of halogens is 1. The summed E-state index contributed by atoms with van der Waals surface area (Å²) in [6, 6.07) is 18.4. The quantitative estimate of drug-likeness (QED) is 0.377. The van der Waals surface area contributed by atoms with E-state index in [4.69, 9.17) is 0 Å². The van der Waals surface area contributed by atoms with Gasteiger partial charge in [-0.2, -0.15) is 0 Å². The molecule has 0 N–H and O–H groups in total. The summed E-state index contributed by atoms with van der Waals surface area (Å²) in [6.07, 6.45) is 3.41. The van der Waals surface area contributed by atoms with Gasteiger partial charge >= 0.3 is 0 Å². The van der Waals surface area contributed by atoms with E-state index in [1.807, 2.05) is 36.4 Å². The van der Waals surface area contributed by atoms with Gasteiger partial charge in [0.05, 0.1) is 5.69 Å². The number of nitrogens with zero attached hydrogens (tertiary/aromatic N) is 5. The zero-order valence-electron chi connectivity index (χ0n) is 13.8. The number of pyridine rings is 2. The number of benzene rings is 1. The summed E-state index contributed by atoms with van der Waals surface area (Å²) in [7, 11) is 0. The van der Waals surface area contributed by atoms with Crippen LogP contribution in [0.2, 0.25) is 0 Å². The van der Waals surface area contributed by atoms with Gasteiger partial charge in [-0.05, 0) is 36.6 Å². The zero-order chi connectivity index (χ0) is 17.5. The van der Waals surface area contributed by atoms with E-state index >= 15 is 0 Å². The van der Waals surface area contributed by atoms with Gasteiger partial charge in [0.25, 0.3) is 0 Å². The van der Waals surface area contributed by atoms with Gasteiger partial charge in [0.15, 0.2) is 0 Å². The van der Waals surface area contributed by atoms with Crippen LogP contribution < -0.4 is 5.10 Å². The fourth-order valence-corrected chi connectivity index (χ4v) is 2.01. The van der Waals surface area contributed by atoms with E-state index in [1.54, 1.807) is 25.4 Å². The average molecular weight is 524 g/mol. The molecule has 0 spiro atoms. The molecule has 0 fully saturated rings. The van der Waals surface area contributed by atoms with Gasteiger partial charge in [0.1, 0.15) is 0 Å². The van der Waals surface area contributed by atoms with E-state index in [0.29, 0.717) is 11.6 Å². The second kappa shape index (κ2) is 9.65. The van der Waals surface area contributed by atoms with E-state index in [1.165, 1.54) is 12.1 Å². The van der Waals surface area contributed by atoms with E-state index in [9.17, 15) is 4.39 Å². The normalized spacial score (nSPS) is 9.62. The van der Waals surface area contributed by atoms with Crippen LogP contribution in [0.1, 0.15) is 5.82 Å². The molecule has 4 rings (SSSR count). The standard InChI is InChI=1S/C11H7FN.C8H7N4.Ir/c12-10-6-4-9(5-7-10)11-3-1-2-8-13-11;1-6-10-8(12-11-6)7-4-2-3-5-9-7;/h1-4,6-8H;2-5H,1H3;/q2*-1;. The largest absolute Gasteiger partial charge is 0.421 e. The van der Waals surface area contributed by atoms with Crippen molar-refractivity contribution in [2.24, 2.45) is 0 Å². The SMILES string of the molecule is Cc1n[n-]c(-c2ccccn2)n1.Fc1c[c-]c(-c2ccccn2)cc1.[Ir]. The molecule has 0 atom stereocenters. The van der Waals surface area contributed by atoms with Crippen molar-refractivity contribution < 1.29 is 24.5 Å². The van der Waals surface area contributed by atoms with E-state index < -0.39 is 0 Å². The van der Waals surface area contributed by atoms with E-state index in [2.05, 4.69) is 31.2 Å². The van der Waals surface area contributed by atoms with Crippen LogP contribution in [0.15, 0.2) is 67.0 Å². The van der Waals surface area contributed by atoms with Crippen molar-refractivity contribution >= 4 is 0 Å². The molecule has 133 valence electrons. The first kappa shape index (κ1) is 19.6. The number of aromatic nitrogens is 5. The van der Waals surface area contributed by atoms with Crippen LogP contribution in [0.3, 0.4) is 0 Å². The zero-order valence-corrected chi connectivity index (χ0v) is 16.2. The van der Waals surface area contributed by atoms with Crippen molar-refractivity contribution in [3.8, 4) is 22.8 Å². The number of rotatable bonds is 2. The molecule has 0 aliphatic rings. The Morgan fingerprint density at radius 1 is 0.923 bits per heavy atom. The third-order valence-electron chi connectivity index (χ3n) is 3.17. The minimum atomic E-state index is -0.278. The average Bonchev–Trinajstić information content (AvgIpc) is 3.11. The summed E-state index contributed by atoms with van der Waals surface area (Å²) in [4.78, 5) is 12.3. The van der Waals surface area contributed by atoms with Crippen molar-refractivity contribution in [1.29, 1.82) is 0 Å². The molecule has 1 aromatic carbocycles. The Morgan fingerprint density at radius 2 is 1.62 bits per heavy atom. The summed E-state index contributed by atoms with van der Waals surface area (Å²) in [5.41, 5.74) is 2.38. The van der Waals surface area contributed by atoms with Gasteiger partial charge in [-0.25, -0.2) is 0 Å². The summed E-state index contributed by atoms with van der Waals surface area (Å²) >= 11 is 0. The molecule has 5 nitrogen and oxygen atoms in total. The van der Waals surface area contributed by atoms with Gasteiger partial charge in [0.2, 0.25) is 0 Å². The van der Waals surface area contributed by atoms with Gasteiger partial charge in [0, 0.05) is 44.1 Å². The molecule has 0 saturated heterocycles. The first-order valence-electron chi connectivity index (χ1n) is 7.56. The number of hydrogen-bond donors (Lipinski definition) is 0. The Labute approximate surface area is 164 Å². The minimum absolute atomic E-state index is 0. The second-order valence-electron chi connectivity index (χ2n) is 5.03. The maximum Gasteiger partial charge on any atom is 0.0634 e. The Hall–Kier alpha value is -2.76. The fraction of sp³-hybridized carbons (Fsp3) is 0.0526. The molecule has 0 saturated carbocycles. The van der Waals surface area contributed by atoms with Crippen molar-refractivity contribution in [1.82, 2.24) is 25.1 Å². The summed E-state index contributed by atoms with van der Waals surface area (Å²) < 4.78 is 12.6. The maximum absolute atomic E-state index is 12.6. The molecule has 26 heavy (non-hydrogen) atoms. The van der Waals surface area contributed by atoms with E-state index in [-0.39, 0.29) is 25.9 Å². The van der Waals surface area contributed by atoms with Crippen LogP contribution in [0.5, 0.6) is 0 Å². The molecule has 4 aromatic rings. The van der Waals surface area contributed by atoms with Crippen molar-refractivity contribution in [2.45, 2.75) is 6.92 Å². The third kappa shape index (κ3) is 5.37. The predicted molar refractivity (Wildman–Crippen MR) is 91.8 cm³/mol. The Balaban J connectivity index is 0.000000180. The maximum atomic E-state index is 12.6. The van der Waals surface area contributed by atoms with Gasteiger partial charge in [-0.3, -0.25) is 14.5 Å². The molecule has 0 aliphatic carbocycles. The molecule has 1 radical (unpaired) electrons. The Kier molecular flexibility index (Phi) is 7.26. The van der Waals surface area contributed by atoms with E-state index in [0.717, 1.165) is 17.0 Å². The second-order valence-corrected chi connectivity index (χ2v) is 5.03. The summed E-state index contributed by atoms with van der Waals surface area (Å²) in [5, 5.41) is 7.65. The van der Waals surface area contributed by atoms with Crippen molar-refractivity contribution in [3.63, 3.8) is 0 Å². The predicted octanol–water partition coefficient (Wildman–Crippen LogP) is 3.49. The molecule has 3 heterocycles. The molecule has 0 aliphatic heterocycles. The molecular formula is C19H14FIrN5-2. The van der Waals surface area contributed by atoms with Crippen LogP contribution in [0.25, 0.3) is 22.8 Å². The molecular weight excluding hydrogens is 509 g/mol. The number of aryl methyl sites for hydroxylation is 1. The van der Waals surface area contributed by atoms with Crippen molar-refractivity contribution in [2.75, 3.05) is 0 Å². The first-order valence-corrected chi connectivity index (χ1v) is 7.56.